The number of amides is 1. The number of ether oxygens (including phenoxy) is 3. The van der Waals surface area contributed by atoms with Crippen molar-refractivity contribution in [2.75, 3.05) is 20.3 Å². The van der Waals surface area contributed by atoms with Crippen LogP contribution in [0.2, 0.25) is 10.0 Å². The monoisotopic (exact) mass is 580 g/mol. The lowest BCUT2D eigenvalue weighted by Crippen LogP contribution is -2.17. The zero-order valence-electron chi connectivity index (χ0n) is 20.9. The highest BCUT2D eigenvalue weighted by Gasteiger charge is 2.22. The quantitative estimate of drug-likeness (QED) is 0.165. The number of nitrogens with zero attached hydrogens (tertiary/aromatic N) is 1. The zero-order valence-corrected chi connectivity index (χ0v) is 23.2. The summed E-state index contributed by atoms with van der Waals surface area (Å²) in [5.41, 5.74) is 3.16. The molecule has 3 aromatic rings. The molecule has 3 rings (SSSR count). The summed E-state index contributed by atoms with van der Waals surface area (Å²) < 4.78 is 47.2. The van der Waals surface area contributed by atoms with E-state index in [0.717, 1.165) is 6.42 Å². The molecule has 0 saturated carbocycles. The maximum absolute atomic E-state index is 12.7. The molecule has 12 heteroatoms. The number of carbonyl (C=O) groups is 1. The first-order valence-corrected chi connectivity index (χ1v) is 13.7. The fourth-order valence-electron chi connectivity index (χ4n) is 3.14. The minimum atomic E-state index is -4.21. The lowest BCUT2D eigenvalue weighted by atomic mass is 10.2. The van der Waals surface area contributed by atoms with Crippen molar-refractivity contribution < 1.29 is 31.6 Å². The maximum Gasteiger partial charge on any atom is 0.339 e. The highest BCUT2D eigenvalue weighted by atomic mass is 35.5. The van der Waals surface area contributed by atoms with Gasteiger partial charge in [-0.2, -0.15) is 13.5 Å². The molecule has 0 saturated heterocycles. The molecule has 3 aromatic carbocycles. The van der Waals surface area contributed by atoms with Crippen LogP contribution in [0.25, 0.3) is 0 Å². The normalized spacial score (nSPS) is 11.3. The Balaban J connectivity index is 1.77. The van der Waals surface area contributed by atoms with E-state index in [0.29, 0.717) is 34.3 Å². The van der Waals surface area contributed by atoms with Gasteiger partial charge in [-0.05, 0) is 73.5 Å². The average Bonchev–Trinajstić information content (AvgIpc) is 2.89. The molecule has 0 unspecified atom stereocenters. The van der Waals surface area contributed by atoms with Crippen molar-refractivity contribution in [1.82, 2.24) is 5.43 Å². The van der Waals surface area contributed by atoms with E-state index in [2.05, 4.69) is 10.5 Å². The second-order valence-electron chi connectivity index (χ2n) is 7.67. The first kappa shape index (κ1) is 29.1. The van der Waals surface area contributed by atoms with Crippen LogP contribution in [0.3, 0.4) is 0 Å². The van der Waals surface area contributed by atoms with Crippen molar-refractivity contribution in [2.45, 2.75) is 25.2 Å². The number of hydrazone groups is 1. The third kappa shape index (κ3) is 7.53. The predicted molar refractivity (Wildman–Crippen MR) is 146 cm³/mol. The van der Waals surface area contributed by atoms with Crippen LogP contribution in [0, 0.1) is 0 Å². The molecule has 38 heavy (non-hydrogen) atoms. The van der Waals surface area contributed by atoms with Gasteiger partial charge in [0.1, 0.15) is 4.90 Å². The Morgan fingerprint density at radius 1 is 0.974 bits per heavy atom. The summed E-state index contributed by atoms with van der Waals surface area (Å²) in [6.07, 6.45) is 2.17. The molecule has 0 aromatic heterocycles. The third-order valence-electron chi connectivity index (χ3n) is 4.89. The first-order chi connectivity index (χ1) is 18.2. The van der Waals surface area contributed by atoms with E-state index in [1.165, 1.54) is 49.7 Å². The van der Waals surface area contributed by atoms with Crippen molar-refractivity contribution in [1.29, 1.82) is 0 Å². The van der Waals surface area contributed by atoms with Crippen LogP contribution in [0.5, 0.6) is 23.0 Å². The van der Waals surface area contributed by atoms with E-state index < -0.39 is 16.0 Å². The van der Waals surface area contributed by atoms with E-state index in [4.69, 9.17) is 41.6 Å². The Hall–Kier alpha value is -3.47. The van der Waals surface area contributed by atoms with Gasteiger partial charge in [0.25, 0.3) is 5.91 Å². The number of methoxy groups -OCH3 is 1. The molecule has 0 radical (unpaired) electrons. The minimum Gasteiger partial charge on any atom is -0.493 e. The number of carbonyl (C=O) groups excluding carboxylic acids is 1. The molecule has 0 fully saturated rings. The van der Waals surface area contributed by atoms with Gasteiger partial charge in [-0.25, -0.2) is 5.43 Å². The van der Waals surface area contributed by atoms with Crippen LogP contribution < -0.4 is 23.8 Å². The molecule has 1 N–H and O–H groups in total. The van der Waals surface area contributed by atoms with E-state index in [1.807, 2.05) is 6.92 Å². The fourth-order valence-corrected chi connectivity index (χ4v) is 4.52. The van der Waals surface area contributed by atoms with Crippen LogP contribution in [0.1, 0.15) is 36.2 Å². The van der Waals surface area contributed by atoms with Crippen molar-refractivity contribution in [2.24, 2.45) is 5.10 Å². The van der Waals surface area contributed by atoms with Crippen LogP contribution >= 0.6 is 23.2 Å². The fraction of sp³-hybridized carbons (Fsp3) is 0.231. The van der Waals surface area contributed by atoms with E-state index >= 15 is 0 Å². The molecule has 0 aliphatic heterocycles. The van der Waals surface area contributed by atoms with Gasteiger partial charge >= 0.3 is 10.1 Å². The molecule has 0 atom stereocenters. The molecule has 1 amide bonds. The van der Waals surface area contributed by atoms with Crippen LogP contribution in [-0.2, 0) is 10.1 Å². The number of hydrogen-bond acceptors (Lipinski definition) is 8. The number of hydrogen-bond donors (Lipinski definition) is 1. The summed E-state index contributed by atoms with van der Waals surface area (Å²) in [5, 5.41) is 4.31. The molecule has 0 bridgehead atoms. The molecule has 9 nitrogen and oxygen atoms in total. The molecular formula is C26H26Cl2N2O7S. The van der Waals surface area contributed by atoms with Crippen molar-refractivity contribution in [3.8, 4) is 23.0 Å². The van der Waals surface area contributed by atoms with E-state index in [-0.39, 0.29) is 28.0 Å². The SMILES string of the molecule is CCCOc1ccc(C(=O)N/N=C/c2cc(Cl)c(OS(=O)(=O)c3ccc(Cl)cc3)c(OCC)c2)cc1OC. The molecule has 0 heterocycles. The van der Waals surface area contributed by atoms with Gasteiger partial charge in [-0.1, -0.05) is 30.1 Å². The Morgan fingerprint density at radius 3 is 2.37 bits per heavy atom. The minimum absolute atomic E-state index is 0.0336. The van der Waals surface area contributed by atoms with Gasteiger partial charge in [-0.3, -0.25) is 4.79 Å². The largest absolute Gasteiger partial charge is 0.493 e. The Labute approximate surface area is 231 Å². The number of rotatable bonds is 12. The third-order valence-corrected chi connectivity index (χ3v) is 6.66. The van der Waals surface area contributed by atoms with Crippen LogP contribution in [-0.4, -0.2) is 40.9 Å². The number of nitrogens with one attached hydrogen (secondary N) is 1. The molecule has 0 spiro atoms. The zero-order chi connectivity index (χ0) is 27.7. The van der Waals surface area contributed by atoms with Gasteiger partial charge in [0.05, 0.1) is 31.6 Å². The maximum atomic E-state index is 12.7. The van der Waals surface area contributed by atoms with Crippen LogP contribution in [0.15, 0.2) is 64.6 Å². The first-order valence-electron chi connectivity index (χ1n) is 11.5. The lowest BCUT2D eigenvalue weighted by molar-refractivity contribution is 0.0954. The Kier molecular flexibility index (Phi) is 10.2. The molecular weight excluding hydrogens is 555 g/mol. The molecule has 202 valence electrons. The van der Waals surface area contributed by atoms with Gasteiger partial charge in [0, 0.05) is 10.6 Å². The Bertz CT molecular complexity index is 1410. The van der Waals surface area contributed by atoms with Crippen molar-refractivity contribution >= 4 is 45.4 Å². The average molecular weight is 581 g/mol. The van der Waals surface area contributed by atoms with Crippen molar-refractivity contribution in [3.63, 3.8) is 0 Å². The summed E-state index contributed by atoms with van der Waals surface area (Å²) in [4.78, 5) is 12.5. The van der Waals surface area contributed by atoms with Gasteiger partial charge < -0.3 is 18.4 Å². The second-order valence-corrected chi connectivity index (χ2v) is 10.1. The summed E-state index contributed by atoms with van der Waals surface area (Å²) in [6, 6.07) is 13.2. The van der Waals surface area contributed by atoms with E-state index in [1.54, 1.807) is 25.1 Å². The van der Waals surface area contributed by atoms with Gasteiger partial charge in [0.15, 0.2) is 17.2 Å². The summed E-state index contributed by atoms with van der Waals surface area (Å²) in [5.74, 6) is 0.381. The molecule has 0 aliphatic rings. The topological polar surface area (TPSA) is 113 Å². The lowest BCUT2D eigenvalue weighted by Gasteiger charge is -2.14. The second kappa shape index (κ2) is 13.4. The number of halogens is 2. The Morgan fingerprint density at radius 2 is 1.71 bits per heavy atom. The predicted octanol–water partition coefficient (Wildman–Crippen LogP) is 5.72. The van der Waals surface area contributed by atoms with E-state index in [9.17, 15) is 13.2 Å². The van der Waals surface area contributed by atoms with Gasteiger partial charge in [0.2, 0.25) is 5.75 Å². The summed E-state index contributed by atoms with van der Waals surface area (Å²) in [6.45, 7) is 4.44. The summed E-state index contributed by atoms with van der Waals surface area (Å²) in [7, 11) is -2.72. The highest BCUT2D eigenvalue weighted by Crippen LogP contribution is 2.38. The molecule has 0 aliphatic carbocycles. The highest BCUT2D eigenvalue weighted by molar-refractivity contribution is 7.87. The van der Waals surface area contributed by atoms with Crippen molar-refractivity contribution in [3.05, 3.63) is 75.8 Å². The smallest absolute Gasteiger partial charge is 0.339 e. The van der Waals surface area contributed by atoms with Crippen LogP contribution in [0.4, 0.5) is 0 Å². The van der Waals surface area contributed by atoms with Gasteiger partial charge in [-0.15, -0.1) is 0 Å². The summed E-state index contributed by atoms with van der Waals surface area (Å²) >= 11 is 12.2. The number of benzene rings is 3. The standard InChI is InChI=1S/C26H26Cl2N2O7S/c1-4-12-36-22-11-6-18(15-23(22)34-3)26(31)30-29-16-17-13-21(28)25(24(14-17)35-5-2)37-38(32,33)20-9-7-19(27)8-10-20/h6-11,13-16H,4-5,12H2,1-3H3,(H,30,31)/b29-16+.